The van der Waals surface area contributed by atoms with Gasteiger partial charge in [0, 0.05) is 30.6 Å². The van der Waals surface area contributed by atoms with Crippen LogP contribution in [0.2, 0.25) is 0 Å². The second kappa shape index (κ2) is 7.21. The Morgan fingerprint density at radius 3 is 2.78 bits per heavy atom. The molecule has 1 aromatic rings. The molecule has 0 radical (unpaired) electrons. The summed E-state index contributed by atoms with van der Waals surface area (Å²) in [6.45, 7) is 4.37. The van der Waals surface area contributed by atoms with Gasteiger partial charge in [-0.15, -0.1) is 0 Å². The molecule has 7 heteroatoms. The largest absolute Gasteiger partial charge is 0.493 e. The normalized spacial score (nSPS) is 19.4. The summed E-state index contributed by atoms with van der Waals surface area (Å²) in [7, 11) is 0. The van der Waals surface area contributed by atoms with Crippen LogP contribution in [0.25, 0.3) is 0 Å². The summed E-state index contributed by atoms with van der Waals surface area (Å²) < 4.78 is 44.7. The van der Waals surface area contributed by atoms with Crippen molar-refractivity contribution in [1.82, 2.24) is 5.32 Å². The maximum absolute atomic E-state index is 13.1. The van der Waals surface area contributed by atoms with E-state index in [4.69, 9.17) is 4.74 Å². The molecule has 0 saturated carbocycles. The van der Waals surface area contributed by atoms with Crippen LogP contribution in [-0.2, 0) is 11.0 Å². The minimum atomic E-state index is -4.50. The first-order chi connectivity index (χ1) is 10.8. The molecule has 0 spiro atoms. The molecule has 1 amide bonds. The van der Waals surface area contributed by atoms with E-state index in [2.05, 4.69) is 10.6 Å². The van der Waals surface area contributed by atoms with Crippen molar-refractivity contribution >= 4 is 11.6 Å². The smallest absolute Gasteiger partial charge is 0.419 e. The quantitative estimate of drug-likeness (QED) is 0.870. The predicted octanol–water partition coefficient (Wildman–Crippen LogP) is 3.43. The highest BCUT2D eigenvalue weighted by atomic mass is 19.4. The first kappa shape index (κ1) is 17.6. The fourth-order valence-corrected chi connectivity index (χ4v) is 2.69. The van der Waals surface area contributed by atoms with Crippen LogP contribution in [0.5, 0.6) is 5.75 Å². The van der Waals surface area contributed by atoms with Gasteiger partial charge < -0.3 is 15.4 Å². The van der Waals surface area contributed by atoms with E-state index in [9.17, 15) is 18.0 Å². The second-order valence-corrected chi connectivity index (χ2v) is 5.88. The molecule has 23 heavy (non-hydrogen) atoms. The molecule has 1 aromatic carbocycles. The molecule has 1 fully saturated rings. The van der Waals surface area contributed by atoms with Crippen molar-refractivity contribution in [3.63, 3.8) is 0 Å². The van der Waals surface area contributed by atoms with Crippen molar-refractivity contribution in [1.29, 1.82) is 0 Å². The third kappa shape index (κ3) is 4.86. The average Bonchev–Trinajstić information content (AvgIpc) is 2.97. The van der Waals surface area contributed by atoms with Crippen LogP contribution in [0, 0.1) is 5.92 Å². The molecule has 1 aliphatic rings. The van der Waals surface area contributed by atoms with Crippen LogP contribution < -0.4 is 15.4 Å². The minimum absolute atomic E-state index is 0.100. The molecule has 2 unspecified atom stereocenters. The number of benzene rings is 1. The van der Waals surface area contributed by atoms with Crippen LogP contribution >= 0.6 is 0 Å². The zero-order valence-electron chi connectivity index (χ0n) is 13.2. The number of amides is 1. The molecule has 1 heterocycles. The van der Waals surface area contributed by atoms with Crippen molar-refractivity contribution in [3.8, 4) is 5.75 Å². The molecule has 4 nitrogen and oxygen atoms in total. The Morgan fingerprint density at radius 1 is 1.48 bits per heavy atom. The maximum Gasteiger partial charge on any atom is 0.419 e. The summed E-state index contributed by atoms with van der Waals surface area (Å²) in [6.07, 6.45) is -2.43. The Morgan fingerprint density at radius 2 is 2.22 bits per heavy atom. The predicted molar refractivity (Wildman–Crippen MR) is 81.4 cm³/mol. The van der Waals surface area contributed by atoms with Crippen LogP contribution in [0.1, 0.15) is 32.3 Å². The lowest BCUT2D eigenvalue weighted by molar-refractivity contribution is -0.139. The molecule has 128 valence electrons. The Labute approximate surface area is 133 Å². The molecular formula is C16H21F3N2O2. The van der Waals surface area contributed by atoms with E-state index < -0.39 is 11.7 Å². The van der Waals surface area contributed by atoms with Crippen LogP contribution in [0.15, 0.2) is 18.2 Å². The monoisotopic (exact) mass is 330 g/mol. The minimum Gasteiger partial charge on any atom is -0.493 e. The molecule has 0 aliphatic carbocycles. The Hall–Kier alpha value is -1.76. The third-order valence-corrected chi connectivity index (χ3v) is 3.89. The standard InChI is InChI=1S/C16H21F3N2O2/c1-10(14-4-3-7-20-14)9-23-15-8-12(21-11(2)22)5-6-13(15)16(17,18)19/h5-6,8,10,14,20H,3-4,7,9H2,1-2H3,(H,21,22). The summed E-state index contributed by atoms with van der Waals surface area (Å²) in [5.41, 5.74) is -0.551. The number of carbonyl (C=O) groups is 1. The highest BCUT2D eigenvalue weighted by Crippen LogP contribution is 2.38. The van der Waals surface area contributed by atoms with Crippen molar-refractivity contribution < 1.29 is 22.7 Å². The molecule has 1 aliphatic heterocycles. The van der Waals surface area contributed by atoms with Gasteiger partial charge in [0.1, 0.15) is 5.75 Å². The molecule has 0 aromatic heterocycles. The number of nitrogens with one attached hydrogen (secondary N) is 2. The highest BCUT2D eigenvalue weighted by molar-refractivity contribution is 5.88. The lowest BCUT2D eigenvalue weighted by Crippen LogP contribution is -2.32. The van der Waals surface area contributed by atoms with Crippen LogP contribution in [0.4, 0.5) is 18.9 Å². The SMILES string of the molecule is CC(=O)Nc1ccc(C(F)(F)F)c(OCC(C)C2CCCN2)c1. The van der Waals surface area contributed by atoms with E-state index in [1.54, 1.807) is 0 Å². The van der Waals surface area contributed by atoms with Gasteiger partial charge in [-0.1, -0.05) is 6.92 Å². The number of anilines is 1. The lowest BCUT2D eigenvalue weighted by atomic mass is 10.0. The van der Waals surface area contributed by atoms with Gasteiger partial charge in [-0.2, -0.15) is 13.2 Å². The number of rotatable bonds is 5. The van der Waals surface area contributed by atoms with Crippen molar-refractivity contribution in [2.24, 2.45) is 5.92 Å². The summed E-state index contributed by atoms with van der Waals surface area (Å²) >= 11 is 0. The van der Waals surface area contributed by atoms with E-state index in [1.807, 2.05) is 6.92 Å². The summed E-state index contributed by atoms with van der Waals surface area (Å²) in [5.74, 6) is -0.504. The highest BCUT2D eigenvalue weighted by Gasteiger charge is 2.35. The number of ether oxygens (including phenoxy) is 1. The topological polar surface area (TPSA) is 50.4 Å². The Balaban J connectivity index is 2.14. The fourth-order valence-electron chi connectivity index (χ4n) is 2.69. The summed E-state index contributed by atoms with van der Waals surface area (Å²) in [4.78, 5) is 11.1. The average molecular weight is 330 g/mol. The van der Waals surface area contributed by atoms with Gasteiger partial charge in [0.2, 0.25) is 5.91 Å². The maximum atomic E-state index is 13.1. The number of hydrogen-bond donors (Lipinski definition) is 2. The van der Waals surface area contributed by atoms with Crippen molar-refractivity contribution in [2.75, 3.05) is 18.5 Å². The zero-order valence-corrected chi connectivity index (χ0v) is 13.2. The first-order valence-electron chi connectivity index (χ1n) is 7.62. The number of halogens is 3. The molecule has 2 atom stereocenters. The molecule has 2 rings (SSSR count). The van der Waals surface area contributed by atoms with Gasteiger partial charge >= 0.3 is 6.18 Å². The number of alkyl halides is 3. The van der Waals surface area contributed by atoms with E-state index in [1.165, 1.54) is 19.1 Å². The Bertz CT molecular complexity index is 555. The van der Waals surface area contributed by atoms with E-state index in [0.29, 0.717) is 0 Å². The van der Waals surface area contributed by atoms with E-state index in [0.717, 1.165) is 25.5 Å². The van der Waals surface area contributed by atoms with Gasteiger partial charge in [-0.05, 0) is 31.5 Å². The molecule has 1 saturated heterocycles. The van der Waals surface area contributed by atoms with Gasteiger partial charge in [0.25, 0.3) is 0 Å². The number of carbonyl (C=O) groups excluding carboxylic acids is 1. The van der Waals surface area contributed by atoms with Gasteiger partial charge in [-0.25, -0.2) is 0 Å². The van der Waals surface area contributed by atoms with Crippen molar-refractivity contribution in [2.45, 2.75) is 38.9 Å². The van der Waals surface area contributed by atoms with E-state index >= 15 is 0 Å². The molecule has 2 N–H and O–H groups in total. The van der Waals surface area contributed by atoms with Crippen molar-refractivity contribution in [3.05, 3.63) is 23.8 Å². The van der Waals surface area contributed by atoms with E-state index in [-0.39, 0.29) is 35.9 Å². The van der Waals surface area contributed by atoms with Crippen LogP contribution in [-0.4, -0.2) is 25.1 Å². The Kier molecular flexibility index (Phi) is 5.51. The zero-order chi connectivity index (χ0) is 17.0. The fraction of sp³-hybridized carbons (Fsp3) is 0.562. The van der Waals surface area contributed by atoms with Gasteiger partial charge in [-0.3, -0.25) is 4.79 Å². The molecule has 0 bridgehead atoms. The van der Waals surface area contributed by atoms with Gasteiger partial charge in [0.05, 0.1) is 12.2 Å². The van der Waals surface area contributed by atoms with Gasteiger partial charge in [0.15, 0.2) is 0 Å². The summed E-state index contributed by atoms with van der Waals surface area (Å²) in [6, 6.07) is 3.64. The lowest BCUT2D eigenvalue weighted by Gasteiger charge is -2.21. The summed E-state index contributed by atoms with van der Waals surface area (Å²) in [5, 5.41) is 5.78. The molecular weight excluding hydrogens is 309 g/mol. The second-order valence-electron chi connectivity index (χ2n) is 5.88. The third-order valence-electron chi connectivity index (χ3n) is 3.89. The number of hydrogen-bond acceptors (Lipinski definition) is 3. The first-order valence-corrected chi connectivity index (χ1v) is 7.62. The van der Waals surface area contributed by atoms with Crippen LogP contribution in [0.3, 0.4) is 0 Å².